The summed E-state index contributed by atoms with van der Waals surface area (Å²) in [7, 11) is 0. The molecule has 1 fully saturated rings. The van der Waals surface area contributed by atoms with Crippen LogP contribution in [0.15, 0.2) is 28.9 Å². The summed E-state index contributed by atoms with van der Waals surface area (Å²) in [6.45, 7) is 5.19. The highest BCUT2D eigenvalue weighted by molar-refractivity contribution is 6.31. The van der Waals surface area contributed by atoms with Gasteiger partial charge in [0.15, 0.2) is 5.58 Å². The van der Waals surface area contributed by atoms with E-state index in [1.807, 2.05) is 18.2 Å². The summed E-state index contributed by atoms with van der Waals surface area (Å²) in [4.78, 5) is 2.36. The van der Waals surface area contributed by atoms with Crippen molar-refractivity contribution in [1.29, 1.82) is 0 Å². The van der Waals surface area contributed by atoms with Crippen molar-refractivity contribution in [2.24, 2.45) is 0 Å². The van der Waals surface area contributed by atoms with Crippen LogP contribution in [0.1, 0.15) is 6.92 Å². The Kier molecular flexibility index (Phi) is 2.73. The molecular weight excluding hydrogens is 236 g/mol. The van der Waals surface area contributed by atoms with Crippen LogP contribution in [0.3, 0.4) is 0 Å². The molecule has 1 aromatic heterocycles. The van der Waals surface area contributed by atoms with Gasteiger partial charge >= 0.3 is 0 Å². The van der Waals surface area contributed by atoms with Crippen LogP contribution >= 0.6 is 11.6 Å². The molecule has 2 heterocycles. The Labute approximate surface area is 105 Å². The molecule has 0 radical (unpaired) electrons. The second-order valence-corrected chi connectivity index (χ2v) is 4.95. The summed E-state index contributed by atoms with van der Waals surface area (Å²) < 4.78 is 5.58. The molecule has 1 N–H and O–H groups in total. The zero-order valence-corrected chi connectivity index (χ0v) is 10.5. The molecule has 0 unspecified atom stereocenters. The molecule has 1 aliphatic rings. The fourth-order valence-electron chi connectivity index (χ4n) is 2.44. The minimum atomic E-state index is 0.454. The van der Waals surface area contributed by atoms with E-state index in [4.69, 9.17) is 16.0 Å². The normalized spacial score (nSPS) is 21.1. The lowest BCUT2D eigenvalue weighted by Gasteiger charge is -2.35. The van der Waals surface area contributed by atoms with Crippen molar-refractivity contribution >= 4 is 28.3 Å². The van der Waals surface area contributed by atoms with Crippen molar-refractivity contribution in [2.75, 3.05) is 24.5 Å². The molecular formula is C13H15ClN2O. The lowest BCUT2D eigenvalue weighted by Crippen LogP contribution is -2.50. The summed E-state index contributed by atoms with van der Waals surface area (Å²) in [5, 5.41) is 5.22. The molecule has 17 heavy (non-hydrogen) atoms. The van der Waals surface area contributed by atoms with Gasteiger partial charge in [0, 0.05) is 36.1 Å². The first-order valence-electron chi connectivity index (χ1n) is 5.90. The molecule has 0 amide bonds. The number of fused-ring (bicyclic) bond motifs is 1. The van der Waals surface area contributed by atoms with Gasteiger partial charge in [-0.25, -0.2) is 0 Å². The number of piperazine rings is 1. The predicted octanol–water partition coefficient (Wildman–Crippen LogP) is 2.88. The fourth-order valence-corrected chi connectivity index (χ4v) is 2.66. The van der Waals surface area contributed by atoms with E-state index in [1.165, 1.54) is 0 Å². The molecule has 1 aliphatic heterocycles. The second-order valence-electron chi connectivity index (χ2n) is 4.51. The number of halogens is 1. The van der Waals surface area contributed by atoms with Crippen LogP contribution in [0, 0.1) is 0 Å². The lowest BCUT2D eigenvalue weighted by atomic mass is 10.1. The third-order valence-electron chi connectivity index (χ3n) is 3.31. The predicted molar refractivity (Wildman–Crippen MR) is 70.9 cm³/mol. The van der Waals surface area contributed by atoms with E-state index in [1.54, 1.807) is 6.26 Å². The van der Waals surface area contributed by atoms with Gasteiger partial charge in [0.25, 0.3) is 0 Å². The number of nitrogens with zero attached hydrogens (tertiary/aromatic N) is 1. The van der Waals surface area contributed by atoms with Crippen molar-refractivity contribution in [3.05, 3.63) is 29.5 Å². The molecule has 0 aliphatic carbocycles. The van der Waals surface area contributed by atoms with E-state index in [0.717, 1.165) is 41.3 Å². The Morgan fingerprint density at radius 1 is 1.47 bits per heavy atom. The van der Waals surface area contributed by atoms with Crippen LogP contribution in [0.4, 0.5) is 5.69 Å². The average Bonchev–Trinajstić information content (AvgIpc) is 2.76. The van der Waals surface area contributed by atoms with Crippen LogP contribution in [-0.2, 0) is 0 Å². The van der Waals surface area contributed by atoms with Crippen molar-refractivity contribution in [2.45, 2.75) is 13.0 Å². The van der Waals surface area contributed by atoms with Crippen LogP contribution in [0.25, 0.3) is 11.0 Å². The standard InChI is InChI=1S/C13H15ClN2O/c1-9-8-15-3-4-16(9)12-7-11(14)6-10-2-5-17-13(10)12/h2,5-7,9,15H,3-4,8H2,1H3/t9-/m0/s1. The quantitative estimate of drug-likeness (QED) is 0.844. The van der Waals surface area contributed by atoms with Gasteiger partial charge in [-0.3, -0.25) is 0 Å². The number of benzene rings is 1. The number of anilines is 1. The Balaban J connectivity index is 2.11. The topological polar surface area (TPSA) is 28.4 Å². The molecule has 4 heteroatoms. The first kappa shape index (κ1) is 10.9. The van der Waals surface area contributed by atoms with Gasteiger partial charge in [0.2, 0.25) is 0 Å². The van der Waals surface area contributed by atoms with Gasteiger partial charge in [-0.15, -0.1) is 0 Å². The fraction of sp³-hybridized carbons (Fsp3) is 0.385. The minimum absolute atomic E-state index is 0.454. The zero-order chi connectivity index (χ0) is 11.8. The van der Waals surface area contributed by atoms with Gasteiger partial charge in [0.1, 0.15) is 0 Å². The number of furan rings is 1. The maximum Gasteiger partial charge on any atom is 0.157 e. The molecule has 0 bridgehead atoms. The van der Waals surface area contributed by atoms with Gasteiger partial charge in [-0.05, 0) is 25.1 Å². The molecule has 90 valence electrons. The molecule has 1 saturated heterocycles. The van der Waals surface area contributed by atoms with Gasteiger partial charge in [0.05, 0.1) is 12.0 Å². The largest absolute Gasteiger partial charge is 0.462 e. The summed E-state index contributed by atoms with van der Waals surface area (Å²) >= 11 is 6.16. The highest BCUT2D eigenvalue weighted by atomic mass is 35.5. The molecule has 3 nitrogen and oxygen atoms in total. The second kappa shape index (κ2) is 4.24. The summed E-state index contributed by atoms with van der Waals surface area (Å²) in [5.41, 5.74) is 2.04. The van der Waals surface area contributed by atoms with E-state index in [-0.39, 0.29) is 0 Å². The van der Waals surface area contributed by atoms with Crippen LogP contribution in [0.2, 0.25) is 5.02 Å². The summed E-state index contributed by atoms with van der Waals surface area (Å²) in [6, 6.07) is 6.35. The van der Waals surface area contributed by atoms with E-state index in [9.17, 15) is 0 Å². The minimum Gasteiger partial charge on any atom is -0.462 e. The van der Waals surface area contributed by atoms with Crippen molar-refractivity contribution < 1.29 is 4.42 Å². The Hall–Kier alpha value is -1.19. The number of rotatable bonds is 1. The average molecular weight is 251 g/mol. The van der Waals surface area contributed by atoms with E-state index in [0.29, 0.717) is 6.04 Å². The smallest absolute Gasteiger partial charge is 0.157 e. The summed E-state index contributed by atoms with van der Waals surface area (Å²) in [5.74, 6) is 0. The molecule has 2 aromatic rings. The van der Waals surface area contributed by atoms with Crippen LogP contribution < -0.4 is 10.2 Å². The number of nitrogens with one attached hydrogen (secondary N) is 1. The first-order chi connectivity index (χ1) is 8.25. The molecule has 3 rings (SSSR count). The zero-order valence-electron chi connectivity index (χ0n) is 9.74. The van der Waals surface area contributed by atoms with E-state index in [2.05, 4.69) is 17.1 Å². The Morgan fingerprint density at radius 3 is 3.18 bits per heavy atom. The van der Waals surface area contributed by atoms with Crippen LogP contribution in [-0.4, -0.2) is 25.7 Å². The number of hydrogen-bond donors (Lipinski definition) is 1. The Bertz CT molecular complexity index is 537. The molecule has 1 aromatic carbocycles. The highest BCUT2D eigenvalue weighted by Gasteiger charge is 2.21. The Morgan fingerprint density at radius 2 is 2.35 bits per heavy atom. The number of hydrogen-bond acceptors (Lipinski definition) is 3. The maximum atomic E-state index is 6.16. The molecule has 0 spiro atoms. The monoisotopic (exact) mass is 250 g/mol. The SMILES string of the molecule is C[C@H]1CNCCN1c1cc(Cl)cc2ccoc12. The first-order valence-corrected chi connectivity index (χ1v) is 6.27. The van der Waals surface area contributed by atoms with Gasteiger partial charge in [-0.1, -0.05) is 11.6 Å². The van der Waals surface area contributed by atoms with E-state index >= 15 is 0 Å². The van der Waals surface area contributed by atoms with Crippen LogP contribution in [0.5, 0.6) is 0 Å². The van der Waals surface area contributed by atoms with Crippen molar-refractivity contribution in [3.63, 3.8) is 0 Å². The molecule has 1 atom stereocenters. The van der Waals surface area contributed by atoms with E-state index < -0.39 is 0 Å². The highest BCUT2D eigenvalue weighted by Crippen LogP contribution is 2.32. The van der Waals surface area contributed by atoms with Gasteiger partial charge < -0.3 is 14.6 Å². The lowest BCUT2D eigenvalue weighted by molar-refractivity contribution is 0.498. The molecule has 0 saturated carbocycles. The third kappa shape index (κ3) is 1.90. The van der Waals surface area contributed by atoms with Crippen molar-refractivity contribution in [1.82, 2.24) is 5.32 Å². The third-order valence-corrected chi connectivity index (χ3v) is 3.53. The maximum absolute atomic E-state index is 6.16. The summed E-state index contributed by atoms with van der Waals surface area (Å²) in [6.07, 6.45) is 1.72. The van der Waals surface area contributed by atoms with Gasteiger partial charge in [-0.2, -0.15) is 0 Å². The van der Waals surface area contributed by atoms with Crippen molar-refractivity contribution in [3.8, 4) is 0 Å².